The maximum absolute atomic E-state index is 13.4. The molecule has 0 saturated carbocycles. The van der Waals surface area contributed by atoms with Gasteiger partial charge in [0.1, 0.15) is 0 Å². The molecule has 0 spiro atoms. The van der Waals surface area contributed by atoms with Crippen molar-refractivity contribution < 1.29 is 4.39 Å². The molecular weight excluding hydrogens is 293 g/mol. The van der Waals surface area contributed by atoms with E-state index in [1.54, 1.807) is 5.38 Å². The summed E-state index contributed by atoms with van der Waals surface area (Å²) in [5, 5.41) is 1.25. The van der Waals surface area contributed by atoms with Crippen molar-refractivity contribution >= 4 is 22.9 Å². The number of hydrogen-bond donors (Lipinski definition) is 1. The van der Waals surface area contributed by atoms with E-state index < -0.39 is 22.2 Å². The minimum Gasteiger partial charge on any atom is -0.295 e. The van der Waals surface area contributed by atoms with Crippen LogP contribution in [0, 0.1) is 5.82 Å². The van der Waals surface area contributed by atoms with E-state index in [1.165, 1.54) is 0 Å². The summed E-state index contributed by atoms with van der Waals surface area (Å²) in [4.78, 5) is 29.7. The van der Waals surface area contributed by atoms with Gasteiger partial charge in [-0.3, -0.25) is 9.78 Å². The molecule has 0 bridgehead atoms. The normalized spacial score (nSPS) is 11.8. The molecule has 0 aliphatic rings. The Balaban J connectivity index is 2.67. The van der Waals surface area contributed by atoms with Gasteiger partial charge >= 0.3 is 5.69 Å². The van der Waals surface area contributed by atoms with Gasteiger partial charge in [0.2, 0.25) is 10.9 Å². The molecule has 0 fully saturated rings. The number of aromatic amines is 1. The van der Waals surface area contributed by atoms with Gasteiger partial charge in [0.25, 0.3) is 5.56 Å². The van der Waals surface area contributed by atoms with Crippen LogP contribution in [-0.4, -0.2) is 14.5 Å². The number of thiazole rings is 1. The van der Waals surface area contributed by atoms with Gasteiger partial charge in [0.05, 0.1) is 5.69 Å². The number of rotatable bonds is 1. The fourth-order valence-electron chi connectivity index (χ4n) is 1.37. The third kappa shape index (κ3) is 2.48. The van der Waals surface area contributed by atoms with Crippen LogP contribution in [0.5, 0.6) is 0 Å². The first kappa shape index (κ1) is 14.0. The lowest BCUT2D eigenvalue weighted by molar-refractivity contribution is 0.567. The summed E-state index contributed by atoms with van der Waals surface area (Å²) in [6.45, 7) is 5.84. The Kier molecular flexibility index (Phi) is 3.36. The second-order valence-corrected chi connectivity index (χ2v) is 6.18. The zero-order valence-corrected chi connectivity index (χ0v) is 12.0. The lowest BCUT2D eigenvalue weighted by Gasteiger charge is -2.14. The topological polar surface area (TPSA) is 67.8 Å². The summed E-state index contributed by atoms with van der Waals surface area (Å²) in [5.41, 5.74) is -1.43. The van der Waals surface area contributed by atoms with Crippen molar-refractivity contribution in [2.75, 3.05) is 0 Å². The van der Waals surface area contributed by atoms with E-state index in [4.69, 9.17) is 11.6 Å². The molecule has 0 saturated heterocycles. The average molecular weight is 304 g/mol. The molecule has 0 aliphatic heterocycles. The van der Waals surface area contributed by atoms with Crippen LogP contribution < -0.4 is 11.2 Å². The predicted octanol–water partition coefficient (Wildman–Crippen LogP) is 2.07. The molecule has 102 valence electrons. The van der Waals surface area contributed by atoms with Gasteiger partial charge < -0.3 is 0 Å². The highest BCUT2D eigenvalue weighted by Crippen LogP contribution is 2.24. The molecule has 2 aromatic heterocycles. The Hall–Kier alpha value is -1.47. The Bertz CT molecular complexity index is 742. The van der Waals surface area contributed by atoms with Crippen molar-refractivity contribution in [3.8, 4) is 5.13 Å². The number of nitrogens with zero attached hydrogens (tertiary/aromatic N) is 2. The molecule has 0 atom stereocenters. The molecule has 0 aromatic carbocycles. The fraction of sp³-hybridized carbons (Fsp3) is 0.364. The van der Waals surface area contributed by atoms with Crippen molar-refractivity contribution in [1.82, 2.24) is 14.5 Å². The van der Waals surface area contributed by atoms with Crippen LogP contribution in [0.4, 0.5) is 4.39 Å². The van der Waals surface area contributed by atoms with E-state index in [2.05, 4.69) is 9.97 Å². The zero-order valence-electron chi connectivity index (χ0n) is 10.5. The van der Waals surface area contributed by atoms with E-state index in [1.807, 2.05) is 20.8 Å². The Morgan fingerprint density at radius 1 is 1.42 bits per heavy atom. The summed E-state index contributed by atoms with van der Waals surface area (Å²) >= 11 is 6.49. The van der Waals surface area contributed by atoms with Gasteiger partial charge in [-0.05, 0) is 0 Å². The quantitative estimate of drug-likeness (QED) is 0.820. The highest BCUT2D eigenvalue weighted by Gasteiger charge is 2.21. The van der Waals surface area contributed by atoms with Crippen LogP contribution in [0.25, 0.3) is 5.13 Å². The van der Waals surface area contributed by atoms with Gasteiger partial charge in [0, 0.05) is 10.8 Å². The van der Waals surface area contributed by atoms with Crippen LogP contribution in [-0.2, 0) is 5.41 Å². The second-order valence-electron chi connectivity index (χ2n) is 4.96. The first-order valence-electron chi connectivity index (χ1n) is 5.38. The van der Waals surface area contributed by atoms with E-state index in [0.717, 1.165) is 11.3 Å². The second kappa shape index (κ2) is 4.57. The SMILES string of the molecule is CC(C)(C)c1csc(-n2c(=O)[nH]c(Cl)c(F)c2=O)n1. The minimum absolute atomic E-state index is 0.117. The Morgan fingerprint density at radius 2 is 2.05 bits per heavy atom. The van der Waals surface area contributed by atoms with Crippen molar-refractivity contribution in [2.24, 2.45) is 0 Å². The highest BCUT2D eigenvalue weighted by molar-refractivity contribution is 7.12. The largest absolute Gasteiger partial charge is 0.336 e. The Labute approximate surface area is 116 Å². The van der Waals surface area contributed by atoms with Crippen molar-refractivity contribution in [3.63, 3.8) is 0 Å². The summed E-state index contributed by atoms with van der Waals surface area (Å²) in [6.07, 6.45) is 0. The molecule has 2 rings (SSSR count). The molecular formula is C11H11ClFN3O2S. The van der Waals surface area contributed by atoms with Gasteiger partial charge in [-0.1, -0.05) is 32.4 Å². The van der Waals surface area contributed by atoms with Gasteiger partial charge in [-0.2, -0.15) is 8.96 Å². The number of hydrogen-bond acceptors (Lipinski definition) is 4. The van der Waals surface area contributed by atoms with E-state index in [-0.39, 0.29) is 10.5 Å². The van der Waals surface area contributed by atoms with Gasteiger partial charge in [-0.25, -0.2) is 9.78 Å². The lowest BCUT2D eigenvalue weighted by atomic mass is 9.93. The number of aromatic nitrogens is 3. The lowest BCUT2D eigenvalue weighted by Crippen LogP contribution is -2.35. The average Bonchev–Trinajstić information content (AvgIpc) is 2.75. The molecule has 8 heteroatoms. The molecule has 1 N–H and O–H groups in total. The van der Waals surface area contributed by atoms with Crippen molar-refractivity contribution in [1.29, 1.82) is 0 Å². The highest BCUT2D eigenvalue weighted by atomic mass is 35.5. The maximum atomic E-state index is 13.4. The van der Waals surface area contributed by atoms with Crippen LogP contribution in [0.15, 0.2) is 15.0 Å². The molecule has 2 heterocycles. The molecule has 2 aromatic rings. The first-order chi connectivity index (χ1) is 8.71. The molecule has 0 unspecified atom stereocenters. The molecule has 0 aliphatic carbocycles. The van der Waals surface area contributed by atoms with E-state index in [0.29, 0.717) is 10.3 Å². The Morgan fingerprint density at radius 3 is 2.58 bits per heavy atom. The number of nitrogens with one attached hydrogen (secondary N) is 1. The zero-order chi connectivity index (χ0) is 14.4. The van der Waals surface area contributed by atoms with E-state index >= 15 is 0 Å². The number of H-pyrrole nitrogens is 1. The summed E-state index contributed by atoms with van der Waals surface area (Å²) in [5.74, 6) is -1.20. The molecule has 5 nitrogen and oxygen atoms in total. The van der Waals surface area contributed by atoms with Crippen molar-refractivity contribution in [2.45, 2.75) is 26.2 Å². The first-order valence-corrected chi connectivity index (χ1v) is 6.64. The summed E-state index contributed by atoms with van der Waals surface area (Å²) in [7, 11) is 0. The van der Waals surface area contributed by atoms with Crippen LogP contribution in [0.3, 0.4) is 0 Å². The van der Waals surface area contributed by atoms with Gasteiger partial charge in [0.15, 0.2) is 5.15 Å². The monoisotopic (exact) mass is 303 g/mol. The van der Waals surface area contributed by atoms with Crippen LogP contribution in [0.1, 0.15) is 26.5 Å². The minimum atomic E-state index is -1.20. The fourth-order valence-corrected chi connectivity index (χ4v) is 2.58. The predicted molar refractivity (Wildman–Crippen MR) is 72.0 cm³/mol. The van der Waals surface area contributed by atoms with Crippen LogP contribution in [0.2, 0.25) is 5.15 Å². The van der Waals surface area contributed by atoms with Gasteiger partial charge in [-0.15, -0.1) is 11.3 Å². The molecule has 0 radical (unpaired) electrons. The summed E-state index contributed by atoms with van der Waals surface area (Å²) in [6, 6.07) is 0. The number of halogens is 2. The van der Waals surface area contributed by atoms with E-state index in [9.17, 15) is 14.0 Å². The standard InChI is InChI=1S/C11H11ClFN3O2S/c1-11(2,3)5-4-19-10(14-5)16-8(17)6(13)7(12)15-9(16)18/h4H,1-3H3,(H,15,18). The molecule has 0 amide bonds. The third-order valence-corrected chi connectivity index (χ3v) is 3.54. The third-order valence-electron chi connectivity index (χ3n) is 2.46. The summed E-state index contributed by atoms with van der Waals surface area (Å²) < 4.78 is 14.1. The van der Waals surface area contributed by atoms with Crippen molar-refractivity contribution in [3.05, 3.63) is 42.9 Å². The van der Waals surface area contributed by atoms with Crippen LogP contribution >= 0.6 is 22.9 Å². The smallest absolute Gasteiger partial charge is 0.295 e. The molecule has 19 heavy (non-hydrogen) atoms. The maximum Gasteiger partial charge on any atom is 0.336 e.